The van der Waals surface area contributed by atoms with Gasteiger partial charge in [0, 0.05) is 57.6 Å². The molecule has 180 valence electrons. The molecule has 0 aromatic heterocycles. The minimum atomic E-state index is 0.179. The topological polar surface area (TPSA) is 43.9 Å². The Labute approximate surface area is 203 Å². The Hall–Kier alpha value is -2.40. The van der Waals surface area contributed by atoms with Gasteiger partial charge in [-0.05, 0) is 54.9 Å². The molecule has 1 spiro atoms. The second-order valence-electron chi connectivity index (χ2n) is 11.3. The van der Waals surface area contributed by atoms with Gasteiger partial charge >= 0.3 is 0 Å². The first-order valence-electron chi connectivity index (χ1n) is 13.3. The molecular weight excluding hydrogens is 422 g/mol. The molecule has 2 amide bonds. The van der Waals surface area contributed by atoms with Gasteiger partial charge < -0.3 is 9.80 Å². The molecule has 6 rings (SSSR count). The van der Waals surface area contributed by atoms with Gasteiger partial charge in [0.05, 0.1) is 0 Å². The average molecular weight is 460 g/mol. The third-order valence-electron chi connectivity index (χ3n) is 9.31. The van der Waals surface area contributed by atoms with E-state index in [1.807, 2.05) is 6.07 Å². The molecule has 5 nitrogen and oxygen atoms in total. The van der Waals surface area contributed by atoms with Crippen LogP contribution < -0.4 is 0 Å². The molecule has 2 bridgehead atoms. The first-order valence-corrected chi connectivity index (χ1v) is 13.3. The SMILES string of the molecule is O=C([C@H]1C[C@@H]2C=C[C@H]1C2)N1CCC2(CC1)C[C@@H]2C(=O)N1CCN(C/C=C/c2ccccc2)CC1. The van der Waals surface area contributed by atoms with Gasteiger partial charge in [-0.2, -0.15) is 0 Å². The smallest absolute Gasteiger partial charge is 0.226 e. The van der Waals surface area contributed by atoms with Gasteiger partial charge in [-0.1, -0.05) is 54.6 Å². The number of amides is 2. The zero-order valence-corrected chi connectivity index (χ0v) is 20.1. The molecule has 34 heavy (non-hydrogen) atoms. The first kappa shape index (κ1) is 22.1. The van der Waals surface area contributed by atoms with Crippen molar-refractivity contribution in [3.63, 3.8) is 0 Å². The van der Waals surface area contributed by atoms with Crippen LogP contribution in [-0.2, 0) is 9.59 Å². The molecule has 2 saturated heterocycles. The fourth-order valence-electron chi connectivity index (χ4n) is 6.99. The second kappa shape index (κ2) is 8.99. The molecule has 1 aromatic rings. The van der Waals surface area contributed by atoms with Crippen LogP contribution in [0.5, 0.6) is 0 Å². The van der Waals surface area contributed by atoms with Crippen LogP contribution in [0.1, 0.15) is 37.7 Å². The Morgan fingerprint density at radius 1 is 0.882 bits per heavy atom. The highest BCUT2D eigenvalue weighted by molar-refractivity contribution is 5.83. The van der Waals surface area contributed by atoms with Crippen molar-refractivity contribution in [2.75, 3.05) is 45.8 Å². The monoisotopic (exact) mass is 459 g/mol. The Balaban J connectivity index is 0.946. The number of nitrogens with zero attached hydrogens (tertiary/aromatic N) is 3. The van der Waals surface area contributed by atoms with Crippen molar-refractivity contribution in [3.05, 3.63) is 54.1 Å². The van der Waals surface area contributed by atoms with E-state index in [0.717, 1.165) is 71.5 Å². The van der Waals surface area contributed by atoms with E-state index in [9.17, 15) is 9.59 Å². The van der Waals surface area contributed by atoms with E-state index in [1.54, 1.807) is 0 Å². The summed E-state index contributed by atoms with van der Waals surface area (Å²) in [6.45, 7) is 6.21. The van der Waals surface area contributed by atoms with E-state index in [0.29, 0.717) is 23.7 Å². The molecule has 5 heteroatoms. The number of likely N-dealkylation sites (tertiary alicyclic amines) is 1. The molecule has 0 N–H and O–H groups in total. The maximum Gasteiger partial charge on any atom is 0.226 e. The van der Waals surface area contributed by atoms with Crippen LogP contribution in [0.25, 0.3) is 6.08 Å². The Bertz CT molecular complexity index is 970. The van der Waals surface area contributed by atoms with Crippen molar-refractivity contribution < 1.29 is 9.59 Å². The van der Waals surface area contributed by atoms with E-state index < -0.39 is 0 Å². The minimum absolute atomic E-state index is 0.179. The predicted octanol–water partition coefficient (Wildman–Crippen LogP) is 3.68. The highest BCUT2D eigenvalue weighted by Crippen LogP contribution is 2.60. The number of carbonyl (C=O) groups excluding carboxylic acids is 2. The number of piperazine rings is 1. The van der Waals surface area contributed by atoms with Gasteiger partial charge in [0.1, 0.15) is 0 Å². The van der Waals surface area contributed by atoms with Gasteiger partial charge in [-0.15, -0.1) is 0 Å². The van der Waals surface area contributed by atoms with Gasteiger partial charge in [0.2, 0.25) is 11.8 Å². The van der Waals surface area contributed by atoms with Crippen molar-refractivity contribution >= 4 is 17.9 Å². The summed E-state index contributed by atoms with van der Waals surface area (Å²) in [5.41, 5.74) is 1.41. The highest BCUT2D eigenvalue weighted by atomic mass is 16.2. The maximum absolute atomic E-state index is 13.3. The van der Waals surface area contributed by atoms with E-state index in [-0.39, 0.29) is 17.3 Å². The van der Waals surface area contributed by atoms with E-state index in [2.05, 4.69) is 63.3 Å². The normalized spacial score (nSPS) is 32.1. The number of allylic oxidation sites excluding steroid dienone is 2. The molecule has 2 saturated carbocycles. The molecule has 1 aromatic carbocycles. The zero-order valence-electron chi connectivity index (χ0n) is 20.1. The molecular formula is C29H37N3O2. The number of rotatable bonds is 5. The molecule has 4 atom stereocenters. The number of piperidine rings is 1. The largest absolute Gasteiger partial charge is 0.342 e. The summed E-state index contributed by atoms with van der Waals surface area (Å²) in [5.74, 6) is 2.29. The van der Waals surface area contributed by atoms with Crippen LogP contribution >= 0.6 is 0 Å². The van der Waals surface area contributed by atoms with Crippen molar-refractivity contribution in [2.45, 2.75) is 32.1 Å². The lowest BCUT2D eigenvalue weighted by Crippen LogP contribution is -2.50. The predicted molar refractivity (Wildman–Crippen MR) is 134 cm³/mol. The summed E-state index contributed by atoms with van der Waals surface area (Å²) in [5, 5.41) is 0. The summed E-state index contributed by atoms with van der Waals surface area (Å²) in [6, 6.07) is 10.4. The summed E-state index contributed by atoms with van der Waals surface area (Å²) in [6.07, 6.45) is 14.3. The number of benzene rings is 1. The number of fused-ring (bicyclic) bond motifs is 2. The van der Waals surface area contributed by atoms with Gasteiger partial charge in [0.15, 0.2) is 0 Å². The van der Waals surface area contributed by atoms with E-state index in [4.69, 9.17) is 0 Å². The number of hydrogen-bond acceptors (Lipinski definition) is 3. The van der Waals surface area contributed by atoms with Crippen LogP contribution in [0.15, 0.2) is 48.6 Å². The zero-order chi connectivity index (χ0) is 23.1. The minimum Gasteiger partial charge on any atom is -0.342 e. The first-order chi connectivity index (χ1) is 16.6. The van der Waals surface area contributed by atoms with Crippen LogP contribution in [-0.4, -0.2) is 72.3 Å². The second-order valence-corrected chi connectivity index (χ2v) is 11.3. The summed E-state index contributed by atoms with van der Waals surface area (Å²) in [4.78, 5) is 33.0. The van der Waals surface area contributed by atoms with Crippen LogP contribution in [0.2, 0.25) is 0 Å². The highest BCUT2D eigenvalue weighted by Gasteiger charge is 2.60. The average Bonchev–Trinajstić information content (AvgIpc) is 3.19. The van der Waals surface area contributed by atoms with E-state index in [1.165, 1.54) is 12.0 Å². The fraction of sp³-hybridized carbons (Fsp3) is 0.586. The number of carbonyl (C=O) groups is 2. The van der Waals surface area contributed by atoms with E-state index >= 15 is 0 Å². The quantitative estimate of drug-likeness (QED) is 0.631. The summed E-state index contributed by atoms with van der Waals surface area (Å²) < 4.78 is 0. The van der Waals surface area contributed by atoms with Gasteiger partial charge in [-0.3, -0.25) is 14.5 Å². The molecule has 5 aliphatic rings. The van der Waals surface area contributed by atoms with Gasteiger partial charge in [0.25, 0.3) is 0 Å². The molecule has 0 radical (unpaired) electrons. The van der Waals surface area contributed by atoms with Crippen LogP contribution in [0.3, 0.4) is 0 Å². The standard InChI is InChI=1S/C29H37N3O2/c33-27(25-20-23-8-9-24(25)19-23)31-13-10-29(11-14-31)21-26(29)28(34)32-17-15-30(16-18-32)12-4-7-22-5-2-1-3-6-22/h1-9,23-26H,10-21H2/b7-4+/t23-,24+,25+,26-/m1/s1. The third-order valence-corrected chi connectivity index (χ3v) is 9.31. The Kier molecular flexibility index (Phi) is 5.84. The Morgan fingerprint density at radius 2 is 1.62 bits per heavy atom. The molecule has 2 aliphatic heterocycles. The molecule has 3 aliphatic carbocycles. The summed E-state index contributed by atoms with van der Waals surface area (Å²) in [7, 11) is 0. The third kappa shape index (κ3) is 4.24. The molecule has 2 heterocycles. The summed E-state index contributed by atoms with van der Waals surface area (Å²) >= 11 is 0. The van der Waals surface area contributed by atoms with Crippen molar-refractivity contribution in [1.82, 2.24) is 14.7 Å². The van der Waals surface area contributed by atoms with Crippen molar-refractivity contribution in [3.8, 4) is 0 Å². The fourth-order valence-corrected chi connectivity index (χ4v) is 6.99. The lowest BCUT2D eigenvalue weighted by atomic mass is 9.87. The van der Waals surface area contributed by atoms with Crippen LogP contribution in [0.4, 0.5) is 0 Å². The number of hydrogen-bond donors (Lipinski definition) is 0. The lowest BCUT2D eigenvalue weighted by molar-refractivity contribution is -0.138. The molecule has 4 fully saturated rings. The van der Waals surface area contributed by atoms with Crippen LogP contribution in [0, 0.1) is 29.1 Å². The lowest BCUT2D eigenvalue weighted by Gasteiger charge is -2.37. The maximum atomic E-state index is 13.3. The van der Waals surface area contributed by atoms with Gasteiger partial charge in [-0.25, -0.2) is 0 Å². The Morgan fingerprint density at radius 3 is 2.29 bits per heavy atom. The molecule has 0 unspecified atom stereocenters. The van der Waals surface area contributed by atoms with Crippen molar-refractivity contribution in [2.24, 2.45) is 29.1 Å². The van der Waals surface area contributed by atoms with Crippen molar-refractivity contribution in [1.29, 1.82) is 0 Å².